The van der Waals surface area contributed by atoms with Gasteiger partial charge in [0.25, 0.3) is 0 Å². The van der Waals surface area contributed by atoms with Crippen LogP contribution < -0.4 is 15.4 Å². The Morgan fingerprint density at radius 3 is 2.80 bits per heavy atom. The first-order chi connectivity index (χ1) is 12.0. The number of β-amino-alcohol motifs (C(OH)–C–C–N with tert-alkyl or cyclic N) is 1. The molecule has 2 rings (SSSR count). The van der Waals surface area contributed by atoms with Gasteiger partial charge in [-0.05, 0) is 66.8 Å². The molecule has 0 saturated carbocycles. The van der Waals surface area contributed by atoms with Gasteiger partial charge in [0, 0.05) is 18.1 Å². The SMILES string of the molecule is CCOc1c(Br)cc(Cl)cc1NC(=O)NCC1CCN(CCO)CC1. The number of nitrogens with zero attached hydrogens (tertiary/aromatic N) is 1. The molecule has 25 heavy (non-hydrogen) atoms. The monoisotopic (exact) mass is 433 g/mol. The number of halogens is 2. The minimum atomic E-state index is -0.270. The van der Waals surface area contributed by atoms with Crippen LogP contribution in [0.1, 0.15) is 19.8 Å². The van der Waals surface area contributed by atoms with Gasteiger partial charge in [-0.25, -0.2) is 4.79 Å². The molecule has 0 aromatic heterocycles. The average molecular weight is 435 g/mol. The van der Waals surface area contributed by atoms with Gasteiger partial charge >= 0.3 is 6.03 Å². The van der Waals surface area contributed by atoms with Crippen LogP contribution in [0.3, 0.4) is 0 Å². The summed E-state index contributed by atoms with van der Waals surface area (Å²) in [5.41, 5.74) is 0.538. The Hall–Kier alpha value is -1.02. The van der Waals surface area contributed by atoms with Crippen molar-refractivity contribution < 1.29 is 14.6 Å². The van der Waals surface area contributed by atoms with Crippen molar-refractivity contribution in [3.05, 3.63) is 21.6 Å². The van der Waals surface area contributed by atoms with E-state index in [2.05, 4.69) is 31.5 Å². The fraction of sp³-hybridized carbons (Fsp3) is 0.588. The summed E-state index contributed by atoms with van der Waals surface area (Å²) in [5, 5.41) is 15.2. The van der Waals surface area contributed by atoms with Crippen molar-refractivity contribution in [3.8, 4) is 5.75 Å². The average Bonchev–Trinajstić information content (AvgIpc) is 2.57. The second-order valence-corrected chi connectivity index (χ2v) is 7.33. The van der Waals surface area contributed by atoms with E-state index in [1.165, 1.54) is 0 Å². The molecule has 0 radical (unpaired) electrons. The van der Waals surface area contributed by atoms with Gasteiger partial charge in [-0.2, -0.15) is 0 Å². The van der Waals surface area contributed by atoms with Gasteiger partial charge in [0.05, 0.1) is 23.4 Å². The summed E-state index contributed by atoms with van der Waals surface area (Å²) in [5.74, 6) is 1.03. The molecule has 6 nitrogen and oxygen atoms in total. The Balaban J connectivity index is 1.85. The molecule has 0 unspecified atom stereocenters. The van der Waals surface area contributed by atoms with Crippen LogP contribution in [-0.4, -0.2) is 55.4 Å². The van der Waals surface area contributed by atoms with Gasteiger partial charge in [0.2, 0.25) is 0 Å². The van der Waals surface area contributed by atoms with Crippen LogP contribution in [0.5, 0.6) is 5.75 Å². The Kier molecular flexibility index (Phi) is 8.29. The Morgan fingerprint density at radius 1 is 1.44 bits per heavy atom. The number of benzene rings is 1. The Labute approximate surface area is 162 Å². The van der Waals surface area contributed by atoms with Crippen LogP contribution in [0.4, 0.5) is 10.5 Å². The number of nitrogens with one attached hydrogen (secondary N) is 2. The second-order valence-electron chi connectivity index (χ2n) is 6.04. The van der Waals surface area contributed by atoms with Gasteiger partial charge in [0.15, 0.2) is 5.75 Å². The lowest BCUT2D eigenvalue weighted by molar-refractivity contribution is 0.147. The molecule has 1 aliphatic heterocycles. The third-order valence-corrected chi connectivity index (χ3v) is 5.03. The molecule has 1 heterocycles. The highest BCUT2D eigenvalue weighted by atomic mass is 79.9. The van der Waals surface area contributed by atoms with Gasteiger partial charge in [-0.1, -0.05) is 11.6 Å². The summed E-state index contributed by atoms with van der Waals surface area (Å²) in [7, 11) is 0. The fourth-order valence-corrected chi connectivity index (χ4v) is 3.83. The molecule has 0 spiro atoms. The van der Waals surface area contributed by atoms with Gasteiger partial charge in [-0.3, -0.25) is 0 Å². The van der Waals surface area contributed by atoms with E-state index in [0.717, 1.165) is 32.5 Å². The number of hydrogen-bond donors (Lipinski definition) is 3. The lowest BCUT2D eigenvalue weighted by Gasteiger charge is -2.31. The van der Waals surface area contributed by atoms with Crippen molar-refractivity contribution in [2.75, 3.05) is 44.7 Å². The first-order valence-electron chi connectivity index (χ1n) is 8.53. The fourth-order valence-electron chi connectivity index (χ4n) is 2.90. The number of carbonyl (C=O) groups excluding carboxylic acids is 1. The topological polar surface area (TPSA) is 73.8 Å². The minimum absolute atomic E-state index is 0.197. The van der Waals surface area contributed by atoms with Crippen LogP contribution in [0.15, 0.2) is 16.6 Å². The van der Waals surface area contributed by atoms with E-state index in [1.807, 2.05) is 6.92 Å². The first kappa shape index (κ1) is 20.3. The number of carbonyl (C=O) groups is 1. The van der Waals surface area contributed by atoms with Crippen molar-refractivity contribution in [2.45, 2.75) is 19.8 Å². The predicted octanol–water partition coefficient (Wildman–Crippen LogP) is 3.33. The first-order valence-corrected chi connectivity index (χ1v) is 9.70. The number of hydrogen-bond acceptors (Lipinski definition) is 4. The maximum Gasteiger partial charge on any atom is 0.319 e. The number of likely N-dealkylation sites (tertiary alicyclic amines) is 1. The van der Waals surface area contributed by atoms with Crippen molar-refractivity contribution in [3.63, 3.8) is 0 Å². The highest BCUT2D eigenvalue weighted by Crippen LogP contribution is 2.36. The number of ether oxygens (including phenoxy) is 1. The molecule has 140 valence electrons. The van der Waals surface area contributed by atoms with E-state index in [-0.39, 0.29) is 12.6 Å². The van der Waals surface area contributed by atoms with Crippen LogP contribution in [-0.2, 0) is 0 Å². The van der Waals surface area contributed by atoms with Crippen LogP contribution in [0.2, 0.25) is 5.02 Å². The summed E-state index contributed by atoms with van der Waals surface area (Å²) in [6, 6.07) is 3.13. The molecule has 0 bridgehead atoms. The maximum atomic E-state index is 12.2. The van der Waals surface area contributed by atoms with Gasteiger partial charge in [0.1, 0.15) is 0 Å². The number of amides is 2. The van der Waals surface area contributed by atoms with Gasteiger partial charge < -0.3 is 25.4 Å². The number of aliphatic hydroxyl groups is 1. The Bertz CT molecular complexity index is 581. The smallest absolute Gasteiger partial charge is 0.319 e. The van der Waals surface area contributed by atoms with E-state index >= 15 is 0 Å². The molecule has 1 aromatic carbocycles. The molecule has 1 fully saturated rings. The van der Waals surface area contributed by atoms with Crippen molar-refractivity contribution >= 4 is 39.2 Å². The lowest BCUT2D eigenvalue weighted by Crippen LogP contribution is -2.40. The molecule has 3 N–H and O–H groups in total. The molecule has 0 atom stereocenters. The van der Waals surface area contributed by atoms with E-state index in [9.17, 15) is 4.79 Å². The number of anilines is 1. The highest BCUT2D eigenvalue weighted by molar-refractivity contribution is 9.10. The minimum Gasteiger partial charge on any atom is -0.491 e. The third-order valence-electron chi connectivity index (χ3n) is 4.22. The van der Waals surface area contributed by atoms with Crippen molar-refractivity contribution in [1.29, 1.82) is 0 Å². The number of piperidine rings is 1. The van der Waals surface area contributed by atoms with Gasteiger partial charge in [-0.15, -0.1) is 0 Å². The molecular formula is C17H25BrClN3O3. The predicted molar refractivity (Wildman–Crippen MR) is 104 cm³/mol. The quantitative estimate of drug-likeness (QED) is 0.615. The Morgan fingerprint density at radius 2 is 2.16 bits per heavy atom. The largest absolute Gasteiger partial charge is 0.491 e. The van der Waals surface area contributed by atoms with Crippen LogP contribution in [0.25, 0.3) is 0 Å². The van der Waals surface area contributed by atoms with E-state index in [4.69, 9.17) is 21.4 Å². The maximum absolute atomic E-state index is 12.2. The normalized spacial score (nSPS) is 15.8. The van der Waals surface area contributed by atoms with E-state index in [1.54, 1.807) is 12.1 Å². The zero-order chi connectivity index (χ0) is 18.2. The number of urea groups is 1. The van der Waals surface area contributed by atoms with Crippen LogP contribution >= 0.6 is 27.5 Å². The summed E-state index contributed by atoms with van der Waals surface area (Å²) in [6.45, 7) is 5.85. The van der Waals surface area contributed by atoms with E-state index < -0.39 is 0 Å². The second kappa shape index (κ2) is 10.2. The van der Waals surface area contributed by atoms with Crippen molar-refractivity contribution in [2.24, 2.45) is 5.92 Å². The zero-order valence-corrected chi connectivity index (χ0v) is 16.7. The molecule has 1 aliphatic rings. The van der Waals surface area contributed by atoms with Crippen LogP contribution in [0, 0.1) is 5.92 Å². The summed E-state index contributed by atoms with van der Waals surface area (Å²) in [4.78, 5) is 14.5. The molecule has 1 aromatic rings. The number of aliphatic hydroxyl groups excluding tert-OH is 1. The standard InChI is InChI=1S/C17H25BrClN3O3/c1-2-25-16-14(18)9-13(19)10-15(16)21-17(24)20-11-12-3-5-22(6-4-12)7-8-23/h9-10,12,23H,2-8,11H2,1H3,(H2,20,21,24). The highest BCUT2D eigenvalue weighted by Gasteiger charge is 2.19. The number of rotatable bonds is 7. The summed E-state index contributed by atoms with van der Waals surface area (Å²) < 4.78 is 6.28. The van der Waals surface area contributed by atoms with Crippen molar-refractivity contribution in [1.82, 2.24) is 10.2 Å². The zero-order valence-electron chi connectivity index (χ0n) is 14.4. The molecule has 1 saturated heterocycles. The molecule has 8 heteroatoms. The summed E-state index contributed by atoms with van der Waals surface area (Å²) >= 11 is 9.47. The summed E-state index contributed by atoms with van der Waals surface area (Å²) in [6.07, 6.45) is 2.04. The molecule has 2 amide bonds. The van der Waals surface area contributed by atoms with E-state index in [0.29, 0.717) is 40.0 Å². The molecule has 0 aliphatic carbocycles. The third kappa shape index (κ3) is 6.33. The lowest BCUT2D eigenvalue weighted by atomic mass is 9.97. The molecular weight excluding hydrogens is 410 g/mol.